The number of fused-ring (bicyclic) bond motifs is 2. The zero-order chi connectivity index (χ0) is 20.7. The van der Waals surface area contributed by atoms with Crippen molar-refractivity contribution >= 4 is 11.6 Å². The molecule has 0 aromatic heterocycles. The van der Waals surface area contributed by atoms with Crippen molar-refractivity contribution in [3.63, 3.8) is 0 Å². The van der Waals surface area contributed by atoms with Crippen molar-refractivity contribution < 1.29 is 47.8 Å². The molecule has 0 radical (unpaired) electrons. The Balaban J connectivity index is 0.000000166. The molecule has 1 aliphatic heterocycles. The molecule has 0 bridgehead atoms. The molecule has 7 heteroatoms. The Hall–Kier alpha value is -0.643. The number of ether oxygens (including phenoxy) is 3. The van der Waals surface area contributed by atoms with Gasteiger partial charge in [0.15, 0.2) is 11.6 Å². The van der Waals surface area contributed by atoms with Crippen LogP contribution in [0.4, 0.5) is 0 Å². The fraction of sp³-hybridized carbons (Fsp3) is 0.818. The molecular weight excluding hydrogens is 367 g/mol. The third-order valence-corrected chi connectivity index (χ3v) is 7.25. The van der Waals surface area contributed by atoms with Crippen molar-refractivity contribution in [2.75, 3.05) is 27.4 Å². The molecule has 0 spiro atoms. The van der Waals surface area contributed by atoms with Gasteiger partial charge in [-0.3, -0.25) is 9.59 Å². The Morgan fingerprint density at radius 1 is 1.03 bits per heavy atom. The van der Waals surface area contributed by atoms with E-state index < -0.39 is 11.2 Å². The molecule has 4 aliphatic carbocycles. The van der Waals surface area contributed by atoms with Gasteiger partial charge in [-0.05, 0) is 62.9 Å². The number of rotatable bonds is 2. The Kier molecular flexibility index (Phi) is 7.84. The number of carbonyl (C=O) groups is 2. The first-order valence-electron chi connectivity index (χ1n) is 10.3. The second-order valence-electron chi connectivity index (χ2n) is 8.92. The smallest absolute Gasteiger partial charge is 0.875 e. The Morgan fingerprint density at radius 3 is 1.90 bits per heavy atom. The van der Waals surface area contributed by atoms with Crippen LogP contribution in [-0.2, 0) is 23.8 Å². The van der Waals surface area contributed by atoms with E-state index in [1.165, 1.54) is 33.3 Å². The maximum Gasteiger partial charge on any atom is 1.00 e. The summed E-state index contributed by atoms with van der Waals surface area (Å²) < 4.78 is 15.4. The summed E-state index contributed by atoms with van der Waals surface area (Å²) in [6.07, 6.45) is 5.45. The quantitative estimate of drug-likeness (QED) is 0.338. The summed E-state index contributed by atoms with van der Waals surface area (Å²) in [5.41, 5.74) is -0.648. The molecule has 6 nitrogen and oxygen atoms in total. The fourth-order valence-corrected chi connectivity index (χ4v) is 4.96. The minimum atomic E-state index is -0.717. The number of hydrogen-bond acceptors (Lipinski definition) is 6. The van der Waals surface area contributed by atoms with Gasteiger partial charge in [0.2, 0.25) is 0 Å². The van der Waals surface area contributed by atoms with Gasteiger partial charge < -0.3 is 19.3 Å². The van der Waals surface area contributed by atoms with Crippen LogP contribution < -0.4 is 24.0 Å². The van der Waals surface area contributed by atoms with Gasteiger partial charge in [0.05, 0.1) is 0 Å². The van der Waals surface area contributed by atoms with Crippen LogP contribution in [0.3, 0.4) is 0 Å². The molecular formula is C22H33LiO6. The normalized spacial score (nSPS) is 42.5. The maximum absolute atomic E-state index is 11.8. The van der Waals surface area contributed by atoms with E-state index in [2.05, 4.69) is 0 Å². The van der Waals surface area contributed by atoms with Crippen molar-refractivity contribution in [1.29, 1.82) is 0 Å². The van der Waals surface area contributed by atoms with Crippen molar-refractivity contribution in [3.8, 4) is 0 Å². The molecule has 1 saturated heterocycles. The molecule has 0 N–H and O–H groups in total. The molecule has 1 heterocycles. The maximum atomic E-state index is 11.8. The summed E-state index contributed by atoms with van der Waals surface area (Å²) in [6.45, 7) is 7.17. The summed E-state index contributed by atoms with van der Waals surface area (Å²) >= 11 is 0. The van der Waals surface area contributed by atoms with E-state index in [-0.39, 0.29) is 42.2 Å². The number of hydrogen-bond donors (Lipinski definition) is 0. The predicted octanol–water partition coefficient (Wildman–Crippen LogP) is -0.954. The molecule has 5 rings (SSSR count). The van der Waals surface area contributed by atoms with Gasteiger partial charge in [0, 0.05) is 39.8 Å². The van der Waals surface area contributed by atoms with Gasteiger partial charge in [0.25, 0.3) is 0 Å². The van der Waals surface area contributed by atoms with Gasteiger partial charge in [-0.25, -0.2) is 0 Å². The number of methoxy groups -OCH3 is 2. The van der Waals surface area contributed by atoms with Crippen LogP contribution in [0.2, 0.25) is 0 Å². The number of Topliss-reactive ketones (excluding diaryl/α,β-unsaturated/α-hetero) is 2. The zero-order valence-electron chi connectivity index (χ0n) is 18.7. The van der Waals surface area contributed by atoms with Crippen LogP contribution in [0.5, 0.6) is 0 Å². The summed E-state index contributed by atoms with van der Waals surface area (Å²) in [4.78, 5) is 23.0. The molecule has 6 atom stereocenters. The van der Waals surface area contributed by atoms with Gasteiger partial charge >= 0.3 is 18.9 Å². The first-order chi connectivity index (χ1) is 13.2. The molecule has 5 aliphatic rings. The topological polar surface area (TPSA) is 84.9 Å². The van der Waals surface area contributed by atoms with E-state index >= 15 is 0 Å². The molecule has 5 fully saturated rings. The standard InChI is InChI=1S/C10H14O3.C8H12O2.C4H8O.Li/c1-5(11)8-6-4-7(6)10(2,13-3)9(8)12;1-8(10-2)6-3-5(6)4-7(8)9;1-2-4-5-3-1;/h6-7,11H,4H2,1-3H3;5-6H,3-4H2,1-2H3;1-4H2;/q;;;+1/p-1/b8-5-;;;/t6-,7+,10?;5-,6-,8?;;/m01../s1. The van der Waals surface area contributed by atoms with E-state index in [9.17, 15) is 14.7 Å². The third-order valence-electron chi connectivity index (χ3n) is 7.25. The van der Waals surface area contributed by atoms with Gasteiger partial charge in [-0.2, -0.15) is 0 Å². The second-order valence-corrected chi connectivity index (χ2v) is 8.92. The SMILES string of the molecule is C1CCOC1.COC1(C)C(=O)/C(=C(/C)[O-])[C@H]2C[C@H]21.COC1(C)C(=O)C[C@H]2C[C@H]21.[Li+]. The van der Waals surface area contributed by atoms with Crippen LogP contribution >= 0.6 is 0 Å². The van der Waals surface area contributed by atoms with Gasteiger partial charge in [-0.1, -0.05) is 6.92 Å². The van der Waals surface area contributed by atoms with Crippen LogP contribution in [0.25, 0.3) is 0 Å². The molecule has 0 amide bonds. The van der Waals surface area contributed by atoms with Crippen molar-refractivity contribution in [2.24, 2.45) is 23.7 Å². The van der Waals surface area contributed by atoms with Crippen molar-refractivity contribution in [1.82, 2.24) is 0 Å². The van der Waals surface area contributed by atoms with Crippen molar-refractivity contribution in [2.45, 2.75) is 64.1 Å². The second kappa shape index (κ2) is 9.24. The average molecular weight is 400 g/mol. The third kappa shape index (κ3) is 4.52. The van der Waals surface area contributed by atoms with E-state index in [4.69, 9.17) is 14.2 Å². The molecule has 2 unspecified atom stereocenters. The van der Waals surface area contributed by atoms with E-state index in [0.717, 1.165) is 26.1 Å². The fourth-order valence-electron chi connectivity index (χ4n) is 4.96. The molecule has 29 heavy (non-hydrogen) atoms. The summed E-state index contributed by atoms with van der Waals surface area (Å²) in [5, 5.41) is 11.2. The number of ketones is 2. The molecule has 4 saturated carbocycles. The number of allylic oxidation sites excluding steroid dienone is 1. The Bertz CT molecular complexity index is 661. The van der Waals surface area contributed by atoms with E-state index in [1.54, 1.807) is 14.0 Å². The summed E-state index contributed by atoms with van der Waals surface area (Å²) in [6, 6.07) is 0. The summed E-state index contributed by atoms with van der Waals surface area (Å²) in [5.74, 6) is 1.78. The Morgan fingerprint density at radius 2 is 1.62 bits per heavy atom. The first kappa shape index (κ1) is 24.6. The number of carbonyl (C=O) groups excluding carboxylic acids is 2. The van der Waals surface area contributed by atoms with Crippen LogP contribution in [0.1, 0.15) is 52.9 Å². The zero-order valence-corrected chi connectivity index (χ0v) is 18.7. The Labute approximate surface area is 185 Å². The molecule has 0 aromatic carbocycles. The van der Waals surface area contributed by atoms with Crippen LogP contribution in [0.15, 0.2) is 11.3 Å². The summed E-state index contributed by atoms with van der Waals surface area (Å²) in [7, 11) is 3.18. The molecule has 158 valence electrons. The largest absolute Gasteiger partial charge is 1.00 e. The van der Waals surface area contributed by atoms with Crippen LogP contribution in [0, 0.1) is 23.7 Å². The monoisotopic (exact) mass is 400 g/mol. The van der Waals surface area contributed by atoms with E-state index in [0.29, 0.717) is 23.2 Å². The average Bonchev–Trinajstić information content (AvgIpc) is 3.50. The minimum Gasteiger partial charge on any atom is -0.875 e. The van der Waals surface area contributed by atoms with E-state index in [1.807, 2.05) is 6.92 Å². The molecule has 0 aromatic rings. The van der Waals surface area contributed by atoms with Crippen LogP contribution in [-0.4, -0.2) is 50.2 Å². The van der Waals surface area contributed by atoms with Gasteiger partial charge in [0.1, 0.15) is 11.2 Å². The minimum absolute atomic E-state index is 0. The van der Waals surface area contributed by atoms with Gasteiger partial charge in [-0.15, -0.1) is 5.76 Å². The van der Waals surface area contributed by atoms with Crippen molar-refractivity contribution in [3.05, 3.63) is 11.3 Å². The predicted molar refractivity (Wildman–Crippen MR) is 101 cm³/mol. The first-order valence-corrected chi connectivity index (χ1v) is 10.3.